The molecule has 0 atom stereocenters. The van der Waals surface area contributed by atoms with Gasteiger partial charge in [-0.3, -0.25) is 0 Å². The summed E-state index contributed by atoms with van der Waals surface area (Å²) in [5, 5.41) is 9.05. The minimum absolute atomic E-state index is 0.378. The molecule has 0 saturated heterocycles. The Bertz CT molecular complexity index is 3090. The largest absolute Gasteiger partial charge is 0.455 e. The summed E-state index contributed by atoms with van der Waals surface area (Å²) < 4.78 is 13.3. The normalized spacial score (nSPS) is 12.5. The van der Waals surface area contributed by atoms with Gasteiger partial charge in [0.05, 0.1) is 20.8 Å². The Morgan fingerprint density at radius 2 is 0.849 bits per heavy atom. The van der Waals surface area contributed by atoms with Crippen LogP contribution in [0.25, 0.3) is 108 Å². The second-order valence-corrected chi connectivity index (χ2v) is 15.9. The molecule has 11 aromatic rings. The quantitative estimate of drug-likeness (QED) is 0.171. The molecule has 254 valence electrons. The third-order valence-electron chi connectivity index (χ3n) is 11.0. The van der Waals surface area contributed by atoms with E-state index < -0.39 is 0 Å². The van der Waals surface area contributed by atoms with Crippen LogP contribution in [0.15, 0.2) is 130 Å². The first-order valence-corrected chi connectivity index (χ1v) is 19.2. The van der Waals surface area contributed by atoms with Gasteiger partial charge in [0.2, 0.25) is 0 Å². The topological polar surface area (TPSA) is 52.1 Å². The lowest BCUT2D eigenvalue weighted by atomic mass is 9.92. The van der Waals surface area contributed by atoms with Gasteiger partial charge in [0.1, 0.15) is 33.4 Å². The van der Waals surface area contributed by atoms with Crippen molar-refractivity contribution in [1.29, 1.82) is 0 Å². The van der Waals surface area contributed by atoms with E-state index in [0.717, 1.165) is 97.6 Å². The molecule has 0 unspecified atom stereocenters. The first kappa shape index (κ1) is 30.6. The van der Waals surface area contributed by atoms with Crippen LogP contribution in [0.5, 0.6) is 0 Å². The SMILES string of the molecule is CC(C)c1ccc2c3ccc(C(C)C)cc3c3nc4c(-c5cccc6c5oc5ccccc56)sc(-c5cccc6c5oc5ccccc56)c4nc3c2c1. The highest BCUT2D eigenvalue weighted by atomic mass is 32.1. The average Bonchev–Trinajstić information content (AvgIpc) is 3.88. The van der Waals surface area contributed by atoms with E-state index in [4.69, 9.17) is 18.8 Å². The fraction of sp³-hybridized carbons (Fsp3) is 0.125. The molecule has 0 radical (unpaired) electrons. The zero-order chi connectivity index (χ0) is 35.5. The lowest BCUT2D eigenvalue weighted by molar-refractivity contribution is 0.670. The highest BCUT2D eigenvalue weighted by molar-refractivity contribution is 7.21. The van der Waals surface area contributed by atoms with E-state index in [0.29, 0.717) is 11.8 Å². The molecule has 0 aliphatic heterocycles. The molecule has 0 aliphatic rings. The van der Waals surface area contributed by atoms with Gasteiger partial charge >= 0.3 is 0 Å². The van der Waals surface area contributed by atoms with Gasteiger partial charge in [-0.1, -0.05) is 113 Å². The maximum absolute atomic E-state index is 6.64. The molecule has 53 heavy (non-hydrogen) atoms. The van der Waals surface area contributed by atoms with Crippen LogP contribution in [-0.2, 0) is 0 Å². The first-order valence-electron chi connectivity index (χ1n) is 18.4. The fourth-order valence-electron chi connectivity index (χ4n) is 8.25. The number of fused-ring (bicyclic) bond motifs is 13. The molecule has 7 aromatic carbocycles. The number of aromatic nitrogens is 2. The third kappa shape index (κ3) is 4.41. The summed E-state index contributed by atoms with van der Waals surface area (Å²) in [6.45, 7) is 9.00. The number of rotatable bonds is 4. The van der Waals surface area contributed by atoms with Gasteiger partial charge in [-0.15, -0.1) is 11.3 Å². The molecule has 0 aliphatic carbocycles. The number of thiophene rings is 1. The molecule has 0 spiro atoms. The highest BCUT2D eigenvalue weighted by Gasteiger charge is 2.25. The number of para-hydroxylation sites is 4. The summed E-state index contributed by atoms with van der Waals surface area (Å²) >= 11 is 1.72. The third-order valence-corrected chi connectivity index (χ3v) is 12.3. The molecule has 0 fully saturated rings. The molecule has 4 aromatic heterocycles. The van der Waals surface area contributed by atoms with Crippen LogP contribution in [0.4, 0.5) is 0 Å². The zero-order valence-electron chi connectivity index (χ0n) is 29.8. The van der Waals surface area contributed by atoms with Gasteiger partial charge in [-0.2, -0.15) is 0 Å². The predicted octanol–water partition coefficient (Wildman–Crippen LogP) is 14.5. The molecular weight excluding hydrogens is 669 g/mol. The summed E-state index contributed by atoms with van der Waals surface area (Å²) in [4.78, 5) is 13.5. The van der Waals surface area contributed by atoms with E-state index in [1.165, 1.54) is 21.9 Å². The van der Waals surface area contributed by atoms with E-state index in [1.807, 2.05) is 24.3 Å². The summed E-state index contributed by atoms with van der Waals surface area (Å²) in [5.74, 6) is 0.756. The number of furan rings is 2. The van der Waals surface area contributed by atoms with Gasteiger partial charge in [0.15, 0.2) is 0 Å². The van der Waals surface area contributed by atoms with Crippen molar-refractivity contribution >= 4 is 98.8 Å². The van der Waals surface area contributed by atoms with Crippen molar-refractivity contribution in [3.8, 4) is 20.9 Å². The Morgan fingerprint density at radius 3 is 1.30 bits per heavy atom. The average molecular weight is 703 g/mol. The Labute approximate surface area is 309 Å². The Morgan fingerprint density at radius 1 is 0.415 bits per heavy atom. The molecule has 0 N–H and O–H groups in total. The van der Waals surface area contributed by atoms with Gasteiger partial charge in [0.25, 0.3) is 0 Å². The monoisotopic (exact) mass is 702 g/mol. The van der Waals surface area contributed by atoms with Crippen LogP contribution in [-0.4, -0.2) is 9.97 Å². The van der Waals surface area contributed by atoms with Gasteiger partial charge in [-0.05, 0) is 70.1 Å². The van der Waals surface area contributed by atoms with Crippen molar-refractivity contribution in [2.45, 2.75) is 39.5 Å². The second kappa shape index (κ2) is 11.2. The minimum Gasteiger partial charge on any atom is -0.455 e. The maximum Gasteiger partial charge on any atom is 0.144 e. The predicted molar refractivity (Wildman–Crippen MR) is 224 cm³/mol. The molecular formula is C48H34N2O2S. The molecule has 11 rings (SSSR count). The van der Waals surface area contributed by atoms with Gasteiger partial charge in [0, 0.05) is 43.4 Å². The van der Waals surface area contributed by atoms with Crippen LogP contribution >= 0.6 is 11.3 Å². The minimum atomic E-state index is 0.378. The maximum atomic E-state index is 6.64. The Kier molecular flexibility index (Phi) is 6.48. The molecule has 4 heterocycles. The number of hydrogen-bond donors (Lipinski definition) is 0. The van der Waals surface area contributed by atoms with Crippen molar-refractivity contribution in [2.75, 3.05) is 0 Å². The Hall–Kier alpha value is -6.04. The number of hydrogen-bond acceptors (Lipinski definition) is 5. The van der Waals surface area contributed by atoms with E-state index in [9.17, 15) is 0 Å². The van der Waals surface area contributed by atoms with Crippen molar-refractivity contribution in [1.82, 2.24) is 9.97 Å². The van der Waals surface area contributed by atoms with Crippen LogP contribution in [0.2, 0.25) is 0 Å². The standard InChI is InChI=1S/C48H34N2O2S/c1-25(2)27-19-21-29-30-22-20-28(26(3)4)24-38(30)42-41(37(29)23-27)49-43-44(50-42)48(36-16-10-14-34-32-12-6-8-18-40(32)52-46(34)36)53-47(43)35-15-9-13-33-31-11-5-7-17-39(31)51-45(33)35/h5-26H,1-4H3. The van der Waals surface area contributed by atoms with Crippen LogP contribution in [0, 0.1) is 0 Å². The van der Waals surface area contributed by atoms with Crippen LogP contribution in [0.1, 0.15) is 50.7 Å². The van der Waals surface area contributed by atoms with Crippen molar-refractivity contribution in [3.63, 3.8) is 0 Å². The van der Waals surface area contributed by atoms with Gasteiger partial charge < -0.3 is 8.83 Å². The van der Waals surface area contributed by atoms with E-state index in [2.05, 4.69) is 125 Å². The number of benzene rings is 7. The highest BCUT2D eigenvalue weighted by Crippen LogP contribution is 2.49. The molecule has 5 heteroatoms. The second-order valence-electron chi connectivity index (χ2n) is 14.9. The summed E-state index contributed by atoms with van der Waals surface area (Å²) in [5.41, 5.74) is 11.7. The lowest BCUT2D eigenvalue weighted by Crippen LogP contribution is -1.95. The summed E-state index contributed by atoms with van der Waals surface area (Å²) in [6.07, 6.45) is 0. The van der Waals surface area contributed by atoms with E-state index >= 15 is 0 Å². The number of nitrogens with zero attached hydrogens (tertiary/aromatic N) is 2. The molecule has 0 bridgehead atoms. The zero-order valence-corrected chi connectivity index (χ0v) is 30.6. The summed E-state index contributed by atoms with van der Waals surface area (Å²) in [7, 11) is 0. The van der Waals surface area contributed by atoms with Crippen LogP contribution in [0.3, 0.4) is 0 Å². The smallest absolute Gasteiger partial charge is 0.144 e. The molecule has 0 amide bonds. The van der Waals surface area contributed by atoms with Gasteiger partial charge in [-0.25, -0.2) is 9.97 Å². The van der Waals surface area contributed by atoms with Crippen LogP contribution < -0.4 is 0 Å². The van der Waals surface area contributed by atoms with Crippen molar-refractivity contribution < 1.29 is 8.83 Å². The Balaban J connectivity index is 1.33. The van der Waals surface area contributed by atoms with Crippen molar-refractivity contribution in [3.05, 3.63) is 132 Å². The fourth-order valence-corrected chi connectivity index (χ4v) is 9.47. The van der Waals surface area contributed by atoms with E-state index in [1.54, 1.807) is 11.3 Å². The molecule has 0 saturated carbocycles. The summed E-state index contributed by atoms with van der Waals surface area (Å²) in [6, 6.07) is 43.2. The lowest BCUT2D eigenvalue weighted by Gasteiger charge is -2.14. The molecule has 4 nitrogen and oxygen atoms in total. The van der Waals surface area contributed by atoms with Crippen molar-refractivity contribution in [2.24, 2.45) is 0 Å². The first-order chi connectivity index (χ1) is 25.9. The van der Waals surface area contributed by atoms with E-state index in [-0.39, 0.29) is 0 Å².